The number of aryl methyl sites for hydroxylation is 1. The van der Waals surface area contributed by atoms with Gasteiger partial charge in [0.05, 0.1) is 16.9 Å². The summed E-state index contributed by atoms with van der Waals surface area (Å²) in [5.74, 6) is 0.529. The van der Waals surface area contributed by atoms with Gasteiger partial charge < -0.3 is 0 Å². The fourth-order valence-corrected chi connectivity index (χ4v) is 3.70. The second-order valence-corrected chi connectivity index (χ2v) is 6.80. The second kappa shape index (κ2) is 5.66. The largest absolute Gasteiger partial charge is 0.290 e. The molecule has 0 aromatic carbocycles. The lowest BCUT2D eigenvalue weighted by atomic mass is 10.1. The molecule has 1 atom stereocenters. The van der Waals surface area contributed by atoms with Crippen LogP contribution in [-0.4, -0.2) is 26.2 Å². The molecule has 108 valence electrons. The van der Waals surface area contributed by atoms with Gasteiger partial charge in [0.25, 0.3) is 0 Å². The van der Waals surface area contributed by atoms with E-state index in [0.29, 0.717) is 12.0 Å². The van der Waals surface area contributed by atoms with Gasteiger partial charge in [-0.3, -0.25) is 9.58 Å². The molecule has 2 aromatic heterocycles. The summed E-state index contributed by atoms with van der Waals surface area (Å²) in [5.41, 5.74) is 2.55. The third kappa shape index (κ3) is 2.79. The van der Waals surface area contributed by atoms with Gasteiger partial charge in [0, 0.05) is 42.7 Å². The van der Waals surface area contributed by atoms with Crippen molar-refractivity contribution in [2.75, 3.05) is 6.54 Å². The zero-order valence-electron chi connectivity index (χ0n) is 12.4. The predicted molar refractivity (Wildman–Crippen MR) is 81.8 cm³/mol. The highest BCUT2D eigenvalue weighted by molar-refractivity contribution is 7.09. The van der Waals surface area contributed by atoms with Crippen molar-refractivity contribution in [3.8, 4) is 0 Å². The fraction of sp³-hybridized carbons (Fsp3) is 0.600. The summed E-state index contributed by atoms with van der Waals surface area (Å²) >= 11 is 1.79. The first kappa shape index (κ1) is 13.8. The van der Waals surface area contributed by atoms with Gasteiger partial charge in [-0.15, -0.1) is 11.3 Å². The van der Waals surface area contributed by atoms with Crippen LogP contribution in [0.25, 0.3) is 0 Å². The molecule has 0 spiro atoms. The van der Waals surface area contributed by atoms with Gasteiger partial charge >= 0.3 is 0 Å². The molecule has 0 bridgehead atoms. The van der Waals surface area contributed by atoms with Gasteiger partial charge in [-0.25, -0.2) is 4.98 Å². The van der Waals surface area contributed by atoms with Crippen molar-refractivity contribution < 1.29 is 0 Å². The Bertz CT molecular complexity index is 572. The molecule has 1 fully saturated rings. The highest BCUT2D eigenvalue weighted by Gasteiger charge is 2.27. The Hall–Kier alpha value is -1.20. The van der Waals surface area contributed by atoms with E-state index in [9.17, 15) is 0 Å². The Kier molecular flexibility index (Phi) is 3.89. The summed E-state index contributed by atoms with van der Waals surface area (Å²) in [6, 6.07) is 0.507. The highest BCUT2D eigenvalue weighted by atomic mass is 32.1. The van der Waals surface area contributed by atoms with Crippen LogP contribution in [0, 0.1) is 0 Å². The first-order chi connectivity index (χ1) is 9.63. The first-order valence-corrected chi connectivity index (χ1v) is 8.18. The van der Waals surface area contributed by atoms with E-state index in [1.807, 2.05) is 17.9 Å². The first-order valence-electron chi connectivity index (χ1n) is 7.30. The number of thiazole rings is 1. The van der Waals surface area contributed by atoms with Crippen LogP contribution in [-0.2, 0) is 13.6 Å². The van der Waals surface area contributed by atoms with Crippen molar-refractivity contribution in [1.82, 2.24) is 19.7 Å². The zero-order chi connectivity index (χ0) is 14.1. The van der Waals surface area contributed by atoms with E-state index in [4.69, 9.17) is 4.98 Å². The molecule has 0 N–H and O–H groups in total. The van der Waals surface area contributed by atoms with Crippen molar-refractivity contribution in [3.05, 3.63) is 34.0 Å². The molecular weight excluding hydrogens is 268 g/mol. The number of aromatic nitrogens is 3. The molecule has 0 unspecified atom stereocenters. The molecule has 0 radical (unpaired) electrons. The molecule has 0 aliphatic carbocycles. The van der Waals surface area contributed by atoms with Gasteiger partial charge in [0.2, 0.25) is 0 Å². The van der Waals surface area contributed by atoms with E-state index in [2.05, 4.69) is 35.4 Å². The maximum Gasteiger partial charge on any atom is 0.0954 e. The van der Waals surface area contributed by atoms with Crippen molar-refractivity contribution in [2.24, 2.45) is 7.05 Å². The molecule has 0 amide bonds. The topological polar surface area (TPSA) is 34.0 Å². The SMILES string of the molecule is CC(C)c1nc(CN2CCC[C@H]2c2cnn(C)c2)cs1. The van der Waals surface area contributed by atoms with Crippen LogP contribution in [0.4, 0.5) is 0 Å². The highest BCUT2D eigenvalue weighted by Crippen LogP contribution is 2.33. The average molecular weight is 290 g/mol. The monoisotopic (exact) mass is 290 g/mol. The molecule has 5 heteroatoms. The van der Waals surface area contributed by atoms with Crippen LogP contribution in [0.1, 0.15) is 54.9 Å². The summed E-state index contributed by atoms with van der Waals surface area (Å²) in [5, 5.41) is 7.77. The third-order valence-electron chi connectivity index (χ3n) is 3.90. The minimum Gasteiger partial charge on any atom is -0.290 e. The van der Waals surface area contributed by atoms with E-state index in [-0.39, 0.29) is 0 Å². The van der Waals surface area contributed by atoms with Crippen LogP contribution >= 0.6 is 11.3 Å². The predicted octanol–water partition coefficient (Wildman–Crippen LogP) is 3.34. The smallest absolute Gasteiger partial charge is 0.0954 e. The number of likely N-dealkylation sites (tertiary alicyclic amines) is 1. The van der Waals surface area contributed by atoms with Crippen molar-refractivity contribution in [2.45, 2.75) is 45.2 Å². The van der Waals surface area contributed by atoms with E-state index in [1.165, 1.54) is 29.1 Å². The Morgan fingerprint density at radius 3 is 2.95 bits per heavy atom. The summed E-state index contributed by atoms with van der Waals surface area (Å²) < 4.78 is 1.89. The van der Waals surface area contributed by atoms with Gasteiger partial charge in [0.15, 0.2) is 0 Å². The lowest BCUT2D eigenvalue weighted by Crippen LogP contribution is -2.22. The van der Waals surface area contributed by atoms with E-state index >= 15 is 0 Å². The van der Waals surface area contributed by atoms with Crippen LogP contribution < -0.4 is 0 Å². The van der Waals surface area contributed by atoms with E-state index in [0.717, 1.165) is 13.1 Å². The van der Waals surface area contributed by atoms with E-state index < -0.39 is 0 Å². The quantitative estimate of drug-likeness (QED) is 0.866. The van der Waals surface area contributed by atoms with Gasteiger partial charge in [-0.2, -0.15) is 5.10 Å². The molecule has 1 saturated heterocycles. The Labute approximate surface area is 124 Å². The summed E-state index contributed by atoms with van der Waals surface area (Å²) in [7, 11) is 1.98. The lowest BCUT2D eigenvalue weighted by Gasteiger charge is -2.22. The number of hydrogen-bond donors (Lipinski definition) is 0. The molecule has 20 heavy (non-hydrogen) atoms. The van der Waals surface area contributed by atoms with Crippen LogP contribution in [0.3, 0.4) is 0 Å². The second-order valence-electron chi connectivity index (χ2n) is 5.91. The maximum absolute atomic E-state index is 4.76. The van der Waals surface area contributed by atoms with E-state index in [1.54, 1.807) is 11.3 Å². The van der Waals surface area contributed by atoms with Crippen LogP contribution in [0.2, 0.25) is 0 Å². The number of rotatable bonds is 4. The molecule has 4 nitrogen and oxygen atoms in total. The molecule has 1 aliphatic heterocycles. The molecule has 2 aromatic rings. The number of hydrogen-bond acceptors (Lipinski definition) is 4. The summed E-state index contributed by atoms with van der Waals surface area (Å²) in [4.78, 5) is 7.30. The van der Waals surface area contributed by atoms with Crippen molar-refractivity contribution in [1.29, 1.82) is 0 Å². The fourth-order valence-electron chi connectivity index (χ4n) is 2.87. The Morgan fingerprint density at radius 1 is 1.45 bits per heavy atom. The normalized spacial score (nSPS) is 20.1. The van der Waals surface area contributed by atoms with Gasteiger partial charge in [0.1, 0.15) is 0 Å². The van der Waals surface area contributed by atoms with Crippen molar-refractivity contribution in [3.63, 3.8) is 0 Å². The van der Waals surface area contributed by atoms with Gasteiger partial charge in [-0.1, -0.05) is 13.8 Å². The number of nitrogens with zero attached hydrogens (tertiary/aromatic N) is 4. The molecule has 3 heterocycles. The van der Waals surface area contributed by atoms with Crippen LogP contribution in [0.15, 0.2) is 17.8 Å². The summed E-state index contributed by atoms with van der Waals surface area (Å²) in [6.07, 6.45) is 6.64. The lowest BCUT2D eigenvalue weighted by molar-refractivity contribution is 0.246. The Morgan fingerprint density at radius 2 is 2.30 bits per heavy atom. The molecular formula is C15H22N4S. The Balaban J connectivity index is 1.72. The average Bonchev–Trinajstić information content (AvgIpc) is 3.09. The van der Waals surface area contributed by atoms with Crippen LogP contribution in [0.5, 0.6) is 0 Å². The third-order valence-corrected chi connectivity index (χ3v) is 5.10. The van der Waals surface area contributed by atoms with Gasteiger partial charge in [-0.05, 0) is 19.4 Å². The maximum atomic E-state index is 4.76. The standard InChI is InChI=1S/C15H22N4S/c1-11(2)15-17-13(10-20-15)9-19-6-4-5-14(19)12-7-16-18(3)8-12/h7-8,10-11,14H,4-6,9H2,1-3H3/t14-/m0/s1. The minimum absolute atomic E-state index is 0.507. The molecule has 1 aliphatic rings. The molecule has 3 rings (SSSR count). The minimum atomic E-state index is 0.507. The molecule has 0 saturated carbocycles. The summed E-state index contributed by atoms with van der Waals surface area (Å²) in [6.45, 7) is 6.53. The van der Waals surface area contributed by atoms with Crippen molar-refractivity contribution >= 4 is 11.3 Å². The zero-order valence-corrected chi connectivity index (χ0v) is 13.2.